The van der Waals surface area contributed by atoms with Crippen molar-refractivity contribution in [2.45, 2.75) is 192 Å². The number of rotatable bonds is 29. The van der Waals surface area contributed by atoms with Gasteiger partial charge < -0.3 is 51.2 Å². The molecule has 1 aliphatic heterocycles. The van der Waals surface area contributed by atoms with Crippen molar-refractivity contribution in [3.63, 3.8) is 0 Å². The van der Waals surface area contributed by atoms with E-state index in [0.29, 0.717) is 6.42 Å². The second kappa shape index (κ2) is 26.8. The molecule has 0 bridgehead atoms. The predicted molar refractivity (Wildman–Crippen MR) is 195 cm³/mol. The Hall–Kier alpha value is -2.85. The fourth-order valence-corrected chi connectivity index (χ4v) is 6.42. The number of amides is 3. The summed E-state index contributed by atoms with van der Waals surface area (Å²) in [6.45, 7) is 5.60. The number of aliphatic hydroxyl groups is 2. The van der Waals surface area contributed by atoms with Gasteiger partial charge in [-0.1, -0.05) is 96.8 Å². The molecule has 0 aromatic rings. The van der Waals surface area contributed by atoms with Crippen LogP contribution in [0.2, 0.25) is 0 Å². The molecule has 0 spiro atoms. The van der Waals surface area contributed by atoms with Gasteiger partial charge in [0.25, 0.3) is 0 Å². The molecule has 15 heteroatoms. The molecule has 1 unspecified atom stereocenters. The van der Waals surface area contributed by atoms with Crippen LogP contribution in [0, 0.1) is 0 Å². The first-order chi connectivity index (χ1) is 24.7. The highest BCUT2D eigenvalue weighted by Crippen LogP contribution is 2.25. The normalized spacial score (nSPS) is 21.9. The first-order valence-corrected chi connectivity index (χ1v) is 19.4. The highest BCUT2D eigenvalue weighted by atomic mass is 16.6. The number of carbonyl (C=O) groups is 5. The lowest BCUT2D eigenvalue weighted by Gasteiger charge is -2.44. The summed E-state index contributed by atoms with van der Waals surface area (Å²) >= 11 is 0. The van der Waals surface area contributed by atoms with Gasteiger partial charge in [-0.05, 0) is 26.7 Å². The van der Waals surface area contributed by atoms with E-state index in [0.717, 1.165) is 24.2 Å². The largest absolute Gasteiger partial charge is 0.480 e. The van der Waals surface area contributed by atoms with Crippen molar-refractivity contribution in [3.05, 3.63) is 0 Å². The molecule has 1 saturated heterocycles. The Morgan fingerprint density at radius 2 is 1.37 bits per heavy atom. The smallest absolute Gasteiger partial charge is 0.326 e. The lowest BCUT2D eigenvalue weighted by atomic mass is 9.96. The molecular formula is C37H68N4O11. The lowest BCUT2D eigenvalue weighted by molar-refractivity contribution is -0.269. The van der Waals surface area contributed by atoms with Crippen LogP contribution < -0.4 is 16.8 Å². The van der Waals surface area contributed by atoms with Gasteiger partial charge in [-0.25, -0.2) is 4.79 Å². The number of nitrogens with two attached hydrogens (primary N) is 2. The molecule has 3 amide bonds. The first-order valence-electron chi connectivity index (χ1n) is 19.4. The summed E-state index contributed by atoms with van der Waals surface area (Å²) in [5.74, 6) is -3.89. The molecule has 52 heavy (non-hydrogen) atoms. The molecule has 1 aliphatic rings. The van der Waals surface area contributed by atoms with Crippen molar-refractivity contribution >= 4 is 29.7 Å². The second-order valence-electron chi connectivity index (χ2n) is 14.2. The Labute approximate surface area is 309 Å². The Morgan fingerprint density at radius 3 is 1.83 bits per heavy atom. The van der Waals surface area contributed by atoms with E-state index in [9.17, 15) is 39.3 Å². The molecule has 0 aromatic heterocycles. The third kappa shape index (κ3) is 19.3. The third-order valence-electron chi connectivity index (χ3n) is 9.30. The van der Waals surface area contributed by atoms with Gasteiger partial charge in [0.05, 0.1) is 12.1 Å². The number of ether oxygens (including phenoxy) is 3. The van der Waals surface area contributed by atoms with E-state index < -0.39 is 78.5 Å². The summed E-state index contributed by atoms with van der Waals surface area (Å²) in [6, 6.07) is -3.80. The summed E-state index contributed by atoms with van der Waals surface area (Å²) < 4.78 is 16.9. The van der Waals surface area contributed by atoms with Crippen LogP contribution in [0.4, 0.5) is 0 Å². The van der Waals surface area contributed by atoms with Crippen LogP contribution in [0.1, 0.15) is 143 Å². The van der Waals surface area contributed by atoms with Gasteiger partial charge in [0.2, 0.25) is 17.7 Å². The number of carboxylic acids is 1. The van der Waals surface area contributed by atoms with Crippen LogP contribution in [0.5, 0.6) is 0 Å². The fourth-order valence-electron chi connectivity index (χ4n) is 6.42. The van der Waals surface area contributed by atoms with E-state index in [1.165, 1.54) is 91.4 Å². The molecule has 302 valence electrons. The Balaban J connectivity index is 2.63. The highest BCUT2D eigenvalue weighted by molar-refractivity contribution is 5.87. The molecule has 0 radical (unpaired) electrons. The Kier molecular flexibility index (Phi) is 24.3. The van der Waals surface area contributed by atoms with Gasteiger partial charge in [-0.3, -0.25) is 19.2 Å². The van der Waals surface area contributed by atoms with Crippen molar-refractivity contribution in [2.24, 2.45) is 11.5 Å². The fraction of sp³-hybridized carbons (Fsp3) is 0.865. The number of nitrogens with one attached hydrogen (secondary N) is 1. The zero-order chi connectivity index (χ0) is 39.1. The van der Waals surface area contributed by atoms with Crippen molar-refractivity contribution in [3.8, 4) is 0 Å². The minimum atomic E-state index is -1.66. The van der Waals surface area contributed by atoms with Crippen LogP contribution in [-0.4, -0.2) is 112 Å². The van der Waals surface area contributed by atoms with Crippen molar-refractivity contribution in [1.82, 2.24) is 10.2 Å². The SMILES string of the molecule is CCCCCCCCCCCCCCCCCC(=O)OC[C@H]1O[C@H](O)[C@H](NC(C)=O)[C@@H](OC(C)CN(C(=O)[C@H](C)N)[C@H](CCC(N)=O)C(=O)O)[C@@H]1O. The molecule has 8 N–H and O–H groups in total. The number of nitrogens with zero attached hydrogens (tertiary/aromatic N) is 1. The number of hydrogen-bond acceptors (Lipinski definition) is 11. The van der Waals surface area contributed by atoms with Crippen molar-refractivity contribution < 1.29 is 53.5 Å². The maximum atomic E-state index is 13.0. The van der Waals surface area contributed by atoms with Gasteiger partial charge in [0.15, 0.2) is 6.29 Å². The van der Waals surface area contributed by atoms with Gasteiger partial charge in [0, 0.05) is 26.3 Å². The molecule has 1 fully saturated rings. The minimum Gasteiger partial charge on any atom is -0.480 e. The number of aliphatic hydroxyl groups excluding tert-OH is 2. The summed E-state index contributed by atoms with van der Waals surface area (Å²) in [4.78, 5) is 61.8. The molecule has 0 aromatic carbocycles. The quantitative estimate of drug-likeness (QED) is 0.0479. The monoisotopic (exact) mass is 744 g/mol. The van der Waals surface area contributed by atoms with Crippen LogP contribution in [0.3, 0.4) is 0 Å². The number of hydrogen-bond donors (Lipinski definition) is 6. The van der Waals surface area contributed by atoms with Crippen LogP contribution >= 0.6 is 0 Å². The van der Waals surface area contributed by atoms with E-state index in [2.05, 4.69) is 12.2 Å². The minimum absolute atomic E-state index is 0.193. The zero-order valence-corrected chi connectivity index (χ0v) is 32.0. The van der Waals surface area contributed by atoms with Gasteiger partial charge in [0.1, 0.15) is 37.0 Å². The Morgan fingerprint density at radius 1 is 0.846 bits per heavy atom. The Bertz CT molecular complexity index is 1060. The summed E-state index contributed by atoms with van der Waals surface area (Å²) in [5, 5.41) is 34.3. The summed E-state index contributed by atoms with van der Waals surface area (Å²) in [5.41, 5.74) is 11.0. The molecule has 0 saturated carbocycles. The standard InChI is InChI=1S/C37H68N4O11/c1-5-6-7-8-9-10-11-12-13-14-15-16-17-18-19-20-31(44)50-24-29-33(45)34(32(37(49)52-29)40-27(4)42)51-25(2)23-41(35(46)26(3)38)28(36(47)48)21-22-30(39)43/h25-26,28-29,32-34,37,45,49H,5-24,38H2,1-4H3,(H2,39,43)(H,40,42)(H,47,48)/t25?,26-,28+,29+,32+,33+,34+,37-/m0/s1. The van der Waals surface area contributed by atoms with E-state index >= 15 is 0 Å². The summed E-state index contributed by atoms with van der Waals surface area (Å²) in [7, 11) is 0. The third-order valence-corrected chi connectivity index (χ3v) is 9.30. The topological polar surface area (TPSA) is 241 Å². The number of carboxylic acid groups (broad SMARTS) is 1. The number of aliphatic carboxylic acids is 1. The van der Waals surface area contributed by atoms with E-state index in [4.69, 9.17) is 25.7 Å². The number of carbonyl (C=O) groups excluding carboxylic acids is 4. The number of unbranched alkanes of at least 4 members (excludes halogenated alkanes) is 14. The number of esters is 1. The van der Waals surface area contributed by atoms with Gasteiger partial charge in [-0.15, -0.1) is 0 Å². The van der Waals surface area contributed by atoms with Crippen LogP contribution in [-0.2, 0) is 38.2 Å². The van der Waals surface area contributed by atoms with Crippen LogP contribution in [0.15, 0.2) is 0 Å². The molecule has 1 rings (SSSR count). The average Bonchev–Trinajstić information content (AvgIpc) is 3.07. The lowest BCUT2D eigenvalue weighted by Crippen LogP contribution is -2.65. The number of primary amides is 1. The molecular weight excluding hydrogens is 676 g/mol. The zero-order valence-electron chi connectivity index (χ0n) is 32.0. The van der Waals surface area contributed by atoms with Crippen molar-refractivity contribution in [1.29, 1.82) is 0 Å². The molecule has 8 atom stereocenters. The second-order valence-corrected chi connectivity index (χ2v) is 14.2. The molecule has 0 aliphatic carbocycles. The van der Waals surface area contributed by atoms with Crippen molar-refractivity contribution in [2.75, 3.05) is 13.2 Å². The predicted octanol–water partition coefficient (Wildman–Crippen LogP) is 3.04. The van der Waals surface area contributed by atoms with Gasteiger partial charge >= 0.3 is 11.9 Å². The van der Waals surface area contributed by atoms with E-state index in [1.807, 2.05) is 0 Å². The molecule has 15 nitrogen and oxygen atoms in total. The first kappa shape index (κ1) is 47.2. The maximum absolute atomic E-state index is 13.0. The van der Waals surface area contributed by atoms with Crippen LogP contribution in [0.25, 0.3) is 0 Å². The van der Waals surface area contributed by atoms with E-state index in [-0.39, 0.29) is 32.4 Å². The van der Waals surface area contributed by atoms with Gasteiger partial charge in [-0.2, -0.15) is 0 Å². The highest BCUT2D eigenvalue weighted by Gasteiger charge is 2.47. The van der Waals surface area contributed by atoms with E-state index in [1.54, 1.807) is 0 Å². The molecule has 1 heterocycles. The average molecular weight is 745 g/mol. The summed E-state index contributed by atoms with van der Waals surface area (Å²) in [6.07, 6.45) is 11.0. The maximum Gasteiger partial charge on any atom is 0.326 e.